The Morgan fingerprint density at radius 1 is 1.38 bits per heavy atom. The molecule has 3 aromatic rings. The predicted octanol–water partition coefficient (Wildman–Crippen LogP) is 1.71. The molecule has 3 aromatic heterocycles. The Morgan fingerprint density at radius 3 is 2.92 bits per heavy atom. The third kappa shape index (κ3) is 2.80. The van der Waals surface area contributed by atoms with Crippen LogP contribution in [0.15, 0.2) is 24.4 Å². The second-order valence-corrected chi connectivity index (χ2v) is 6.27. The summed E-state index contributed by atoms with van der Waals surface area (Å²) >= 11 is 0. The molecular weight excluding hydrogens is 306 g/mol. The van der Waals surface area contributed by atoms with Gasteiger partial charge >= 0.3 is 0 Å². The number of rotatable bonds is 4. The van der Waals surface area contributed by atoms with Crippen molar-refractivity contribution in [3.05, 3.63) is 30.1 Å². The average molecular weight is 327 g/mol. The van der Waals surface area contributed by atoms with Crippen LogP contribution in [0.1, 0.15) is 18.5 Å². The fourth-order valence-corrected chi connectivity index (χ4v) is 3.07. The zero-order chi connectivity index (χ0) is 16.5. The van der Waals surface area contributed by atoms with Crippen LogP contribution in [0.3, 0.4) is 0 Å². The number of fused-ring (bicyclic) bond motifs is 1. The molecule has 4 heterocycles. The van der Waals surface area contributed by atoms with Crippen molar-refractivity contribution in [3.63, 3.8) is 0 Å². The predicted molar refractivity (Wildman–Crippen MR) is 91.6 cm³/mol. The maximum absolute atomic E-state index is 9.30. The van der Waals surface area contributed by atoms with Crippen LogP contribution in [-0.2, 0) is 0 Å². The van der Waals surface area contributed by atoms with Gasteiger partial charge < -0.3 is 15.3 Å². The molecular formula is C16H21N7O. The van der Waals surface area contributed by atoms with Crippen molar-refractivity contribution < 1.29 is 5.11 Å². The molecule has 8 nitrogen and oxygen atoms in total. The summed E-state index contributed by atoms with van der Waals surface area (Å²) in [6, 6.07) is 5.87. The summed E-state index contributed by atoms with van der Waals surface area (Å²) in [6.07, 6.45) is 3.85. The minimum Gasteiger partial charge on any atom is -0.396 e. The van der Waals surface area contributed by atoms with Gasteiger partial charge in [0.1, 0.15) is 5.52 Å². The number of nitrogens with zero attached hydrogens (tertiary/aromatic N) is 5. The van der Waals surface area contributed by atoms with Gasteiger partial charge in [-0.15, -0.1) is 5.10 Å². The number of nitrogens with one attached hydrogen (secondary N) is 2. The summed E-state index contributed by atoms with van der Waals surface area (Å²) in [7, 11) is 0. The molecule has 0 saturated carbocycles. The van der Waals surface area contributed by atoms with E-state index in [1.54, 1.807) is 0 Å². The normalized spacial score (nSPS) is 16.0. The van der Waals surface area contributed by atoms with E-state index in [1.165, 1.54) is 0 Å². The topological polar surface area (TPSA) is 94.4 Å². The minimum atomic E-state index is 0.261. The van der Waals surface area contributed by atoms with Gasteiger partial charge in [0.25, 0.3) is 0 Å². The van der Waals surface area contributed by atoms with Gasteiger partial charge in [-0.3, -0.25) is 5.10 Å². The smallest absolute Gasteiger partial charge is 0.245 e. The van der Waals surface area contributed by atoms with Gasteiger partial charge in [-0.1, -0.05) is 0 Å². The second-order valence-electron chi connectivity index (χ2n) is 6.27. The van der Waals surface area contributed by atoms with Crippen LogP contribution in [0, 0.1) is 12.8 Å². The van der Waals surface area contributed by atoms with E-state index >= 15 is 0 Å². The van der Waals surface area contributed by atoms with E-state index in [4.69, 9.17) is 4.98 Å². The summed E-state index contributed by atoms with van der Waals surface area (Å²) in [5, 5.41) is 24.3. The van der Waals surface area contributed by atoms with Crippen LogP contribution in [-0.4, -0.2) is 49.6 Å². The highest BCUT2D eigenvalue weighted by Crippen LogP contribution is 2.25. The monoisotopic (exact) mass is 327 g/mol. The van der Waals surface area contributed by atoms with Gasteiger partial charge in [-0.05, 0) is 37.8 Å². The van der Waals surface area contributed by atoms with E-state index in [0.717, 1.165) is 48.8 Å². The summed E-state index contributed by atoms with van der Waals surface area (Å²) in [5.41, 5.74) is 1.90. The molecule has 3 N–H and O–H groups in total. The van der Waals surface area contributed by atoms with Crippen LogP contribution < -0.4 is 10.2 Å². The van der Waals surface area contributed by atoms with Crippen LogP contribution in [0.5, 0.6) is 0 Å². The number of hydrogen-bond donors (Lipinski definition) is 3. The van der Waals surface area contributed by atoms with E-state index < -0.39 is 0 Å². The molecule has 8 heteroatoms. The maximum atomic E-state index is 9.30. The lowest BCUT2D eigenvalue weighted by atomic mass is 9.98. The van der Waals surface area contributed by atoms with Crippen LogP contribution in [0.2, 0.25) is 0 Å². The number of aryl methyl sites for hydroxylation is 1. The van der Waals surface area contributed by atoms with E-state index in [2.05, 4.69) is 25.5 Å². The Balaban J connectivity index is 1.65. The molecule has 1 aliphatic rings. The van der Waals surface area contributed by atoms with Gasteiger partial charge in [-0.25, -0.2) is 4.52 Å². The molecule has 4 rings (SSSR count). The third-order valence-electron chi connectivity index (χ3n) is 4.49. The minimum absolute atomic E-state index is 0.261. The highest BCUT2D eigenvalue weighted by molar-refractivity contribution is 5.73. The first-order valence-corrected chi connectivity index (χ1v) is 8.23. The van der Waals surface area contributed by atoms with E-state index in [-0.39, 0.29) is 6.61 Å². The third-order valence-corrected chi connectivity index (χ3v) is 4.49. The Hall–Kier alpha value is -2.61. The highest BCUT2D eigenvalue weighted by atomic mass is 16.3. The number of aromatic nitrogens is 5. The Morgan fingerprint density at radius 2 is 2.21 bits per heavy atom. The Kier molecular flexibility index (Phi) is 3.81. The number of hydrogen-bond acceptors (Lipinski definition) is 6. The van der Waals surface area contributed by atoms with E-state index in [9.17, 15) is 5.11 Å². The standard InChI is InChI=1S/C16H21N7O/c1-11-9-14(20-19-11)17-15-13-3-2-6-23(13)21-16(18-15)22-7-4-12(10-24)5-8-22/h2-3,6,9,12,24H,4-5,7-8,10H2,1H3,(H2,17,18,19,20,21). The molecule has 0 atom stereocenters. The van der Waals surface area contributed by atoms with Gasteiger partial charge in [0.2, 0.25) is 5.95 Å². The molecule has 0 aromatic carbocycles. The SMILES string of the molecule is Cc1cc(Nc2nc(N3CCC(CO)CC3)nn3cccc23)n[nH]1. The zero-order valence-corrected chi connectivity index (χ0v) is 13.6. The van der Waals surface area contributed by atoms with Crippen LogP contribution >= 0.6 is 0 Å². The van der Waals surface area contributed by atoms with Crippen molar-refractivity contribution in [2.24, 2.45) is 5.92 Å². The molecule has 0 radical (unpaired) electrons. The van der Waals surface area contributed by atoms with E-state index in [1.807, 2.05) is 35.8 Å². The summed E-state index contributed by atoms with van der Waals surface area (Å²) in [5.74, 6) is 2.56. The van der Waals surface area contributed by atoms with Gasteiger partial charge in [0, 0.05) is 37.7 Å². The van der Waals surface area contributed by atoms with Crippen LogP contribution in [0.4, 0.5) is 17.6 Å². The molecule has 24 heavy (non-hydrogen) atoms. The lowest BCUT2D eigenvalue weighted by Crippen LogP contribution is -2.36. The van der Waals surface area contributed by atoms with Gasteiger partial charge in [0.15, 0.2) is 11.6 Å². The first kappa shape index (κ1) is 14.9. The molecule has 0 aliphatic carbocycles. The van der Waals surface area contributed by atoms with Crippen molar-refractivity contribution in [2.75, 3.05) is 29.9 Å². The van der Waals surface area contributed by atoms with Crippen molar-refractivity contribution in [1.82, 2.24) is 24.8 Å². The number of anilines is 3. The number of H-pyrrole nitrogens is 1. The molecule has 1 fully saturated rings. The number of aromatic amines is 1. The number of piperidine rings is 1. The summed E-state index contributed by atoms with van der Waals surface area (Å²) in [6.45, 7) is 3.94. The van der Waals surface area contributed by atoms with E-state index in [0.29, 0.717) is 11.9 Å². The molecule has 126 valence electrons. The first-order valence-electron chi connectivity index (χ1n) is 8.23. The Labute approximate surface area is 139 Å². The highest BCUT2D eigenvalue weighted by Gasteiger charge is 2.21. The van der Waals surface area contributed by atoms with Crippen molar-refractivity contribution in [1.29, 1.82) is 0 Å². The quantitative estimate of drug-likeness (QED) is 0.675. The van der Waals surface area contributed by atoms with Crippen LogP contribution in [0.25, 0.3) is 5.52 Å². The summed E-state index contributed by atoms with van der Waals surface area (Å²) < 4.78 is 1.84. The molecule has 1 saturated heterocycles. The zero-order valence-electron chi connectivity index (χ0n) is 13.6. The number of aliphatic hydroxyl groups is 1. The summed E-state index contributed by atoms with van der Waals surface area (Å²) in [4.78, 5) is 6.89. The average Bonchev–Trinajstić information content (AvgIpc) is 3.24. The van der Waals surface area contributed by atoms with Crippen molar-refractivity contribution in [2.45, 2.75) is 19.8 Å². The maximum Gasteiger partial charge on any atom is 0.245 e. The number of aliphatic hydroxyl groups excluding tert-OH is 1. The molecule has 0 bridgehead atoms. The lowest BCUT2D eigenvalue weighted by Gasteiger charge is -2.31. The van der Waals surface area contributed by atoms with Crippen molar-refractivity contribution >= 4 is 23.1 Å². The van der Waals surface area contributed by atoms with Gasteiger partial charge in [-0.2, -0.15) is 10.1 Å². The largest absolute Gasteiger partial charge is 0.396 e. The first-order chi connectivity index (χ1) is 11.7. The molecule has 0 spiro atoms. The second kappa shape index (κ2) is 6.12. The molecule has 0 amide bonds. The Bertz CT molecular complexity index is 832. The molecule has 0 unspecified atom stereocenters. The lowest BCUT2D eigenvalue weighted by molar-refractivity contribution is 0.202. The fourth-order valence-electron chi connectivity index (χ4n) is 3.07. The molecule has 1 aliphatic heterocycles. The van der Waals surface area contributed by atoms with Gasteiger partial charge in [0.05, 0.1) is 0 Å². The van der Waals surface area contributed by atoms with Crippen molar-refractivity contribution in [3.8, 4) is 0 Å². The fraction of sp³-hybridized carbons (Fsp3) is 0.438.